The van der Waals surface area contributed by atoms with Gasteiger partial charge >= 0.3 is 0 Å². The highest BCUT2D eigenvalue weighted by molar-refractivity contribution is 5.66. The molecule has 1 saturated heterocycles. The smallest absolute Gasteiger partial charge is 0.270 e. The van der Waals surface area contributed by atoms with Crippen molar-refractivity contribution in [3.05, 3.63) is 34.1 Å². The molecule has 1 fully saturated rings. The number of methoxy groups -OCH3 is 1. The summed E-state index contributed by atoms with van der Waals surface area (Å²) in [6.07, 6.45) is 0. The normalized spacial score (nSPS) is 18.8. The van der Waals surface area contributed by atoms with Crippen LogP contribution in [-0.2, 0) is 0 Å². The Balaban J connectivity index is 1.96. The van der Waals surface area contributed by atoms with E-state index >= 15 is 0 Å². The maximum absolute atomic E-state index is 11.0. The largest absolute Gasteiger partial charge is 0.496 e. The minimum atomic E-state index is -0.473. The number of non-ortho nitro benzene ring substituents is 1. The molecule has 1 unspecified atom stereocenters. The number of nitrogens with zero attached hydrogens (tertiary/aromatic N) is 4. The second kappa shape index (κ2) is 6.31. The molecule has 0 saturated carbocycles. The van der Waals surface area contributed by atoms with Crippen LogP contribution in [0.3, 0.4) is 0 Å². The zero-order valence-electron chi connectivity index (χ0n) is 12.9. The first-order valence-electron chi connectivity index (χ1n) is 7.17. The van der Waals surface area contributed by atoms with Crippen LogP contribution in [0.2, 0.25) is 0 Å². The quantitative estimate of drug-likeness (QED) is 0.662. The fourth-order valence-electron chi connectivity index (χ4n) is 2.55. The predicted octanol–water partition coefficient (Wildman–Crippen LogP) is 1.23. The molecule has 1 atom stereocenters. The van der Waals surface area contributed by atoms with E-state index in [1.807, 2.05) is 7.05 Å². The zero-order valence-corrected chi connectivity index (χ0v) is 12.9. The molecular formula is C14H17N5O4. The van der Waals surface area contributed by atoms with E-state index in [0.717, 1.165) is 19.6 Å². The van der Waals surface area contributed by atoms with Gasteiger partial charge in [0.2, 0.25) is 0 Å². The summed E-state index contributed by atoms with van der Waals surface area (Å²) in [6, 6.07) is 4.27. The van der Waals surface area contributed by atoms with Gasteiger partial charge in [0.05, 0.1) is 23.6 Å². The Labute approximate surface area is 132 Å². The van der Waals surface area contributed by atoms with E-state index in [1.54, 1.807) is 0 Å². The molecule has 0 radical (unpaired) electrons. The Morgan fingerprint density at radius 2 is 2.35 bits per heavy atom. The van der Waals surface area contributed by atoms with Crippen molar-refractivity contribution in [3.8, 4) is 17.2 Å². The number of nitrogens with one attached hydrogen (secondary N) is 1. The molecule has 1 aromatic carbocycles. The summed E-state index contributed by atoms with van der Waals surface area (Å²) >= 11 is 0. The van der Waals surface area contributed by atoms with Gasteiger partial charge in [0.15, 0.2) is 5.82 Å². The Morgan fingerprint density at radius 1 is 1.52 bits per heavy atom. The first-order chi connectivity index (χ1) is 11.1. The van der Waals surface area contributed by atoms with Crippen LogP contribution in [-0.4, -0.2) is 53.8 Å². The molecule has 2 heterocycles. The van der Waals surface area contributed by atoms with Crippen molar-refractivity contribution in [3.63, 3.8) is 0 Å². The third-order valence-electron chi connectivity index (χ3n) is 3.88. The molecule has 122 valence electrons. The Hall–Kier alpha value is -2.52. The van der Waals surface area contributed by atoms with E-state index in [0.29, 0.717) is 17.1 Å². The molecule has 2 aromatic rings. The van der Waals surface area contributed by atoms with E-state index in [2.05, 4.69) is 20.4 Å². The Bertz CT molecular complexity index is 717. The average molecular weight is 319 g/mol. The van der Waals surface area contributed by atoms with Crippen molar-refractivity contribution in [2.45, 2.75) is 6.04 Å². The molecule has 1 aliphatic rings. The van der Waals surface area contributed by atoms with Crippen LogP contribution < -0.4 is 10.1 Å². The van der Waals surface area contributed by atoms with E-state index in [-0.39, 0.29) is 17.6 Å². The molecule has 0 aliphatic carbocycles. The van der Waals surface area contributed by atoms with Crippen LogP contribution in [0.25, 0.3) is 11.5 Å². The third kappa shape index (κ3) is 3.01. The molecule has 0 spiro atoms. The molecule has 3 rings (SSSR count). The molecule has 1 aromatic heterocycles. The SMILES string of the molecule is COc1ccc([N+](=O)[O-])cc1-c1nc(C2CNCCN2C)no1. The van der Waals surface area contributed by atoms with Gasteiger partial charge in [-0.05, 0) is 13.1 Å². The molecule has 1 aliphatic heterocycles. The summed E-state index contributed by atoms with van der Waals surface area (Å²) in [4.78, 5) is 17.0. The summed E-state index contributed by atoms with van der Waals surface area (Å²) in [7, 11) is 3.48. The molecular weight excluding hydrogens is 302 g/mol. The Morgan fingerprint density at radius 3 is 3.04 bits per heavy atom. The lowest BCUT2D eigenvalue weighted by molar-refractivity contribution is -0.384. The molecule has 23 heavy (non-hydrogen) atoms. The zero-order chi connectivity index (χ0) is 16.4. The second-order valence-electron chi connectivity index (χ2n) is 5.30. The Kier molecular flexibility index (Phi) is 4.22. The van der Waals surface area contributed by atoms with Gasteiger partial charge in [-0.25, -0.2) is 0 Å². The number of ether oxygens (including phenoxy) is 1. The van der Waals surface area contributed by atoms with Crippen LogP contribution in [0.5, 0.6) is 5.75 Å². The lowest BCUT2D eigenvalue weighted by atomic mass is 10.1. The maximum Gasteiger partial charge on any atom is 0.270 e. The van der Waals surface area contributed by atoms with Crippen LogP contribution in [0.1, 0.15) is 11.9 Å². The molecule has 9 heteroatoms. The highest BCUT2D eigenvalue weighted by Crippen LogP contribution is 2.33. The van der Waals surface area contributed by atoms with Gasteiger partial charge in [0.1, 0.15) is 5.75 Å². The lowest BCUT2D eigenvalue weighted by Crippen LogP contribution is -2.44. The van der Waals surface area contributed by atoms with E-state index in [1.165, 1.54) is 25.3 Å². The number of rotatable bonds is 4. The molecule has 0 amide bonds. The minimum absolute atomic E-state index is 0.00550. The third-order valence-corrected chi connectivity index (χ3v) is 3.88. The van der Waals surface area contributed by atoms with E-state index in [4.69, 9.17) is 9.26 Å². The van der Waals surface area contributed by atoms with E-state index in [9.17, 15) is 10.1 Å². The van der Waals surface area contributed by atoms with Gasteiger partial charge in [0.25, 0.3) is 11.6 Å². The number of likely N-dealkylation sites (N-methyl/N-ethyl adjacent to an activating group) is 1. The fraction of sp³-hybridized carbons (Fsp3) is 0.429. The fourth-order valence-corrected chi connectivity index (χ4v) is 2.55. The van der Waals surface area contributed by atoms with Crippen molar-refractivity contribution in [1.29, 1.82) is 0 Å². The monoisotopic (exact) mass is 319 g/mol. The summed E-state index contributed by atoms with van der Waals surface area (Å²) in [5.41, 5.74) is 0.351. The van der Waals surface area contributed by atoms with Gasteiger partial charge in [-0.2, -0.15) is 4.98 Å². The van der Waals surface area contributed by atoms with Crippen molar-refractivity contribution < 1.29 is 14.2 Å². The number of nitro groups is 1. The lowest BCUT2D eigenvalue weighted by Gasteiger charge is -2.30. The summed E-state index contributed by atoms with van der Waals surface area (Å²) in [5, 5.41) is 18.3. The topological polar surface area (TPSA) is 107 Å². The number of hydrogen-bond acceptors (Lipinski definition) is 8. The van der Waals surface area contributed by atoms with Crippen LogP contribution in [0.15, 0.2) is 22.7 Å². The molecule has 9 nitrogen and oxygen atoms in total. The first-order valence-corrected chi connectivity index (χ1v) is 7.17. The highest BCUT2D eigenvalue weighted by Gasteiger charge is 2.26. The predicted molar refractivity (Wildman–Crippen MR) is 81.2 cm³/mol. The number of aromatic nitrogens is 2. The van der Waals surface area contributed by atoms with Gasteiger partial charge in [0, 0.05) is 31.8 Å². The van der Waals surface area contributed by atoms with Crippen molar-refractivity contribution in [2.75, 3.05) is 33.8 Å². The van der Waals surface area contributed by atoms with Gasteiger partial charge in [-0.3, -0.25) is 15.0 Å². The summed E-state index contributed by atoms with van der Waals surface area (Å²) in [6.45, 7) is 2.52. The average Bonchev–Trinajstić information content (AvgIpc) is 3.04. The van der Waals surface area contributed by atoms with Gasteiger partial charge in [-0.15, -0.1) is 0 Å². The minimum Gasteiger partial charge on any atom is -0.496 e. The van der Waals surface area contributed by atoms with Gasteiger partial charge in [-0.1, -0.05) is 5.16 Å². The number of piperazine rings is 1. The van der Waals surface area contributed by atoms with E-state index < -0.39 is 4.92 Å². The highest BCUT2D eigenvalue weighted by atomic mass is 16.6. The molecule has 0 bridgehead atoms. The first kappa shape index (κ1) is 15.4. The van der Waals surface area contributed by atoms with Gasteiger partial charge < -0.3 is 14.6 Å². The standard InChI is InChI=1S/C14H17N5O4/c1-18-6-5-15-8-11(18)13-16-14(23-17-13)10-7-9(19(20)21)3-4-12(10)22-2/h3-4,7,11,15H,5-6,8H2,1-2H3. The van der Waals surface area contributed by atoms with Crippen LogP contribution in [0.4, 0.5) is 5.69 Å². The van der Waals surface area contributed by atoms with Crippen molar-refractivity contribution >= 4 is 5.69 Å². The number of benzene rings is 1. The van der Waals surface area contributed by atoms with Crippen LogP contribution >= 0.6 is 0 Å². The number of nitro benzene ring substituents is 1. The maximum atomic E-state index is 11.0. The summed E-state index contributed by atoms with van der Waals surface area (Å²) < 4.78 is 10.5. The molecule has 1 N–H and O–H groups in total. The number of hydrogen-bond donors (Lipinski definition) is 1. The van der Waals surface area contributed by atoms with Crippen molar-refractivity contribution in [2.24, 2.45) is 0 Å². The summed E-state index contributed by atoms with van der Waals surface area (Å²) in [5.74, 6) is 1.20. The van der Waals surface area contributed by atoms with Crippen molar-refractivity contribution in [1.82, 2.24) is 20.4 Å². The van der Waals surface area contributed by atoms with Crippen LogP contribution in [0, 0.1) is 10.1 Å². The second-order valence-corrected chi connectivity index (χ2v) is 5.30.